The maximum atomic E-state index is 12.4. The van der Waals surface area contributed by atoms with Crippen molar-refractivity contribution in [3.8, 4) is 0 Å². The van der Waals surface area contributed by atoms with E-state index in [1.54, 1.807) is 22.3 Å². The number of hydrogen-bond acceptors (Lipinski definition) is 4. The van der Waals surface area contributed by atoms with Gasteiger partial charge in [0.1, 0.15) is 6.61 Å². The second kappa shape index (κ2) is 6.84. The molecule has 0 N–H and O–H groups in total. The van der Waals surface area contributed by atoms with Crippen molar-refractivity contribution >= 4 is 23.2 Å². The first-order chi connectivity index (χ1) is 11.1. The van der Waals surface area contributed by atoms with Crippen LogP contribution in [0.3, 0.4) is 0 Å². The highest BCUT2D eigenvalue weighted by Gasteiger charge is 2.42. The van der Waals surface area contributed by atoms with Gasteiger partial charge in [0, 0.05) is 19.6 Å². The van der Waals surface area contributed by atoms with Crippen LogP contribution in [0, 0.1) is 0 Å². The predicted molar refractivity (Wildman–Crippen MR) is 89.3 cm³/mol. The molecule has 1 spiro atoms. The van der Waals surface area contributed by atoms with Gasteiger partial charge in [0.15, 0.2) is 0 Å². The minimum atomic E-state index is -0.296. The molecular formula is C17H22N2O3S. The van der Waals surface area contributed by atoms with Gasteiger partial charge in [-0.3, -0.25) is 9.59 Å². The smallest absolute Gasteiger partial charge is 0.248 e. The summed E-state index contributed by atoms with van der Waals surface area (Å²) in [6, 6.07) is 2.00. The average Bonchev–Trinajstić information content (AvgIpc) is 3.05. The van der Waals surface area contributed by atoms with E-state index in [9.17, 15) is 9.59 Å². The summed E-state index contributed by atoms with van der Waals surface area (Å²) in [5.74, 6) is 0.194. The molecule has 2 saturated heterocycles. The average molecular weight is 334 g/mol. The van der Waals surface area contributed by atoms with Gasteiger partial charge in [-0.1, -0.05) is 6.08 Å². The number of ether oxygens (including phenoxy) is 1. The third-order valence-electron chi connectivity index (χ3n) is 4.65. The SMILES string of the molecule is C=CCN1CC2(CCN(C(=O)Cc3ccsc3)CC2)OCC1=O. The molecule has 3 heterocycles. The van der Waals surface area contributed by atoms with Crippen LogP contribution in [0.1, 0.15) is 18.4 Å². The van der Waals surface area contributed by atoms with Gasteiger partial charge in [-0.15, -0.1) is 6.58 Å². The van der Waals surface area contributed by atoms with E-state index in [-0.39, 0.29) is 24.0 Å². The van der Waals surface area contributed by atoms with E-state index in [1.165, 1.54) is 0 Å². The number of nitrogens with zero attached hydrogens (tertiary/aromatic N) is 2. The van der Waals surface area contributed by atoms with Crippen LogP contribution >= 0.6 is 11.3 Å². The Kier molecular flexibility index (Phi) is 4.82. The van der Waals surface area contributed by atoms with Crippen molar-refractivity contribution in [2.45, 2.75) is 24.9 Å². The molecule has 0 radical (unpaired) electrons. The first-order valence-corrected chi connectivity index (χ1v) is 8.88. The van der Waals surface area contributed by atoms with Crippen molar-refractivity contribution < 1.29 is 14.3 Å². The maximum absolute atomic E-state index is 12.4. The predicted octanol–water partition coefficient (Wildman–Crippen LogP) is 1.70. The maximum Gasteiger partial charge on any atom is 0.248 e. The molecule has 0 unspecified atom stereocenters. The Morgan fingerprint density at radius 3 is 2.87 bits per heavy atom. The summed E-state index contributed by atoms with van der Waals surface area (Å²) < 4.78 is 5.87. The highest BCUT2D eigenvalue weighted by molar-refractivity contribution is 7.08. The molecule has 23 heavy (non-hydrogen) atoms. The summed E-state index contributed by atoms with van der Waals surface area (Å²) in [5, 5.41) is 4.02. The van der Waals surface area contributed by atoms with Crippen LogP contribution in [0.15, 0.2) is 29.5 Å². The lowest BCUT2D eigenvalue weighted by atomic mass is 9.89. The van der Waals surface area contributed by atoms with Crippen molar-refractivity contribution in [2.24, 2.45) is 0 Å². The van der Waals surface area contributed by atoms with E-state index in [2.05, 4.69) is 6.58 Å². The zero-order valence-electron chi connectivity index (χ0n) is 13.2. The summed E-state index contributed by atoms with van der Waals surface area (Å²) >= 11 is 1.61. The van der Waals surface area contributed by atoms with E-state index >= 15 is 0 Å². The van der Waals surface area contributed by atoms with Crippen LogP contribution in [0.2, 0.25) is 0 Å². The number of rotatable bonds is 4. The standard InChI is InChI=1S/C17H22N2O3S/c1-2-6-19-13-17(22-11-16(19)21)4-7-18(8-5-17)15(20)10-14-3-9-23-12-14/h2-3,9,12H,1,4-8,10-11,13H2. The fourth-order valence-electron chi connectivity index (χ4n) is 3.26. The molecule has 2 amide bonds. The fourth-order valence-corrected chi connectivity index (χ4v) is 3.92. The third kappa shape index (κ3) is 3.64. The van der Waals surface area contributed by atoms with Crippen molar-refractivity contribution in [3.05, 3.63) is 35.0 Å². The van der Waals surface area contributed by atoms with Gasteiger partial charge in [-0.2, -0.15) is 11.3 Å². The Morgan fingerprint density at radius 2 is 2.22 bits per heavy atom. The third-order valence-corrected chi connectivity index (χ3v) is 5.38. The van der Waals surface area contributed by atoms with Gasteiger partial charge in [0.25, 0.3) is 0 Å². The molecule has 124 valence electrons. The number of thiophene rings is 1. The molecule has 0 atom stereocenters. The topological polar surface area (TPSA) is 49.9 Å². The van der Waals surface area contributed by atoms with Gasteiger partial charge in [0.05, 0.1) is 18.6 Å². The van der Waals surface area contributed by atoms with Gasteiger partial charge < -0.3 is 14.5 Å². The first kappa shape index (κ1) is 16.2. The number of likely N-dealkylation sites (tertiary alicyclic amines) is 1. The minimum Gasteiger partial charge on any atom is -0.363 e. The van der Waals surface area contributed by atoms with Crippen LogP contribution in [0.25, 0.3) is 0 Å². The molecule has 3 rings (SSSR count). The van der Waals surface area contributed by atoms with Crippen LogP contribution in [-0.4, -0.2) is 60.0 Å². The van der Waals surface area contributed by atoms with Crippen LogP contribution in [0.4, 0.5) is 0 Å². The van der Waals surface area contributed by atoms with E-state index in [0.29, 0.717) is 32.6 Å². The lowest BCUT2D eigenvalue weighted by Crippen LogP contribution is -2.59. The Balaban J connectivity index is 1.56. The van der Waals surface area contributed by atoms with E-state index < -0.39 is 0 Å². The Morgan fingerprint density at radius 1 is 1.43 bits per heavy atom. The number of carbonyl (C=O) groups is 2. The molecular weight excluding hydrogens is 312 g/mol. The molecule has 2 fully saturated rings. The molecule has 1 aromatic heterocycles. The van der Waals surface area contributed by atoms with Crippen molar-refractivity contribution in [2.75, 3.05) is 32.8 Å². The monoisotopic (exact) mass is 334 g/mol. The molecule has 0 saturated carbocycles. The Bertz CT molecular complexity index is 577. The summed E-state index contributed by atoms with van der Waals surface area (Å²) in [5.41, 5.74) is 0.785. The second-order valence-electron chi connectivity index (χ2n) is 6.22. The Labute approximate surface area is 140 Å². The summed E-state index contributed by atoms with van der Waals surface area (Å²) in [4.78, 5) is 27.9. The van der Waals surface area contributed by atoms with E-state index in [1.807, 2.05) is 21.7 Å². The number of amides is 2. The minimum absolute atomic E-state index is 0.0199. The molecule has 6 heteroatoms. The van der Waals surface area contributed by atoms with Gasteiger partial charge in [-0.25, -0.2) is 0 Å². The molecule has 5 nitrogen and oxygen atoms in total. The largest absolute Gasteiger partial charge is 0.363 e. The lowest BCUT2D eigenvalue weighted by molar-refractivity contribution is -0.172. The van der Waals surface area contributed by atoms with Crippen LogP contribution in [-0.2, 0) is 20.7 Å². The van der Waals surface area contributed by atoms with Crippen LogP contribution in [0.5, 0.6) is 0 Å². The van der Waals surface area contributed by atoms with E-state index in [4.69, 9.17) is 4.74 Å². The molecule has 0 bridgehead atoms. The normalized spacial score (nSPS) is 20.8. The highest BCUT2D eigenvalue weighted by atomic mass is 32.1. The molecule has 1 aromatic rings. The summed E-state index contributed by atoms with van der Waals surface area (Å²) in [6.07, 6.45) is 3.78. The first-order valence-electron chi connectivity index (χ1n) is 7.93. The number of carbonyl (C=O) groups excluding carboxylic acids is 2. The molecule has 0 aliphatic carbocycles. The number of piperidine rings is 1. The number of morpholine rings is 1. The second-order valence-corrected chi connectivity index (χ2v) is 7.00. The highest BCUT2D eigenvalue weighted by Crippen LogP contribution is 2.30. The van der Waals surface area contributed by atoms with Gasteiger partial charge in [-0.05, 0) is 35.2 Å². The quantitative estimate of drug-likeness (QED) is 0.788. The van der Waals surface area contributed by atoms with Gasteiger partial charge >= 0.3 is 0 Å². The van der Waals surface area contributed by atoms with Crippen LogP contribution < -0.4 is 0 Å². The van der Waals surface area contributed by atoms with Crippen molar-refractivity contribution in [3.63, 3.8) is 0 Å². The Hall–Kier alpha value is -1.66. The number of hydrogen-bond donors (Lipinski definition) is 0. The van der Waals surface area contributed by atoms with Crippen molar-refractivity contribution in [1.29, 1.82) is 0 Å². The molecule has 2 aliphatic rings. The molecule has 2 aliphatic heterocycles. The molecule has 0 aromatic carbocycles. The fraction of sp³-hybridized carbons (Fsp3) is 0.529. The zero-order chi connectivity index (χ0) is 16.3. The van der Waals surface area contributed by atoms with E-state index in [0.717, 1.165) is 18.4 Å². The van der Waals surface area contributed by atoms with Gasteiger partial charge in [0.2, 0.25) is 11.8 Å². The zero-order valence-corrected chi connectivity index (χ0v) is 14.0. The summed E-state index contributed by atoms with van der Waals surface area (Å²) in [6.45, 7) is 6.39. The lowest BCUT2D eigenvalue weighted by Gasteiger charge is -2.46. The summed E-state index contributed by atoms with van der Waals surface area (Å²) in [7, 11) is 0. The van der Waals surface area contributed by atoms with Crippen molar-refractivity contribution in [1.82, 2.24) is 9.80 Å².